The monoisotopic (exact) mass is 289 g/mol. The van der Waals surface area contributed by atoms with Gasteiger partial charge in [-0.05, 0) is 31.9 Å². The van der Waals surface area contributed by atoms with E-state index in [0.29, 0.717) is 18.5 Å². The first-order chi connectivity index (χ1) is 8.38. The Morgan fingerprint density at radius 2 is 2.22 bits per heavy atom. The van der Waals surface area contributed by atoms with E-state index in [2.05, 4.69) is 4.72 Å². The van der Waals surface area contributed by atoms with Gasteiger partial charge in [0.15, 0.2) is 0 Å². The number of thiophene rings is 1. The number of aryl methyl sites for hydroxylation is 1. The van der Waals surface area contributed by atoms with Crippen molar-refractivity contribution in [1.82, 2.24) is 4.72 Å². The summed E-state index contributed by atoms with van der Waals surface area (Å²) >= 11 is 0.770. The van der Waals surface area contributed by atoms with Crippen LogP contribution in [0, 0.1) is 6.92 Å². The Balaban J connectivity index is 2.85. The number of carbonyl (C=O) groups is 1. The maximum atomic E-state index is 11.9. The molecule has 0 saturated heterocycles. The Labute approximate surface area is 110 Å². The van der Waals surface area contributed by atoms with Crippen LogP contribution in [0.3, 0.4) is 0 Å². The molecule has 0 aliphatic heterocycles. The molecular weight excluding hydrogens is 274 g/mol. The molecule has 0 atom stereocenters. The smallest absolute Gasteiger partial charge is 0.346 e. The molecule has 0 aliphatic carbocycles. The summed E-state index contributed by atoms with van der Waals surface area (Å²) < 4.78 is 26.2. The summed E-state index contributed by atoms with van der Waals surface area (Å²) in [6, 6.07) is 1.38. The van der Waals surface area contributed by atoms with E-state index >= 15 is 0 Å². The van der Waals surface area contributed by atoms with Crippen LogP contribution in [-0.4, -0.2) is 26.0 Å². The minimum Gasteiger partial charge on any atom is -0.477 e. The van der Waals surface area contributed by atoms with Crippen molar-refractivity contribution in [3.8, 4) is 0 Å². The molecule has 18 heavy (non-hydrogen) atoms. The van der Waals surface area contributed by atoms with Crippen LogP contribution in [0.4, 0.5) is 0 Å². The quantitative estimate of drug-likeness (QED) is 0.620. The minimum absolute atomic E-state index is 0.0397. The predicted molar refractivity (Wildman–Crippen MR) is 70.6 cm³/mol. The molecule has 1 rings (SSSR count). The lowest BCUT2D eigenvalue weighted by Gasteiger charge is -2.01. The molecule has 0 radical (unpaired) electrons. The Morgan fingerprint density at radius 1 is 1.56 bits per heavy atom. The highest BCUT2D eigenvalue weighted by molar-refractivity contribution is 7.91. The molecule has 0 bridgehead atoms. The highest BCUT2D eigenvalue weighted by atomic mass is 32.2. The Bertz CT molecular complexity index is 558. The number of sulfonamides is 1. The zero-order valence-corrected chi connectivity index (χ0v) is 11.8. The summed E-state index contributed by atoms with van der Waals surface area (Å²) in [4.78, 5) is 10.9. The number of rotatable bonds is 6. The van der Waals surface area contributed by atoms with E-state index < -0.39 is 16.0 Å². The molecule has 1 heterocycles. The van der Waals surface area contributed by atoms with E-state index in [1.54, 1.807) is 6.92 Å². The number of hydrogen-bond acceptors (Lipinski definition) is 4. The van der Waals surface area contributed by atoms with Crippen LogP contribution in [0.25, 0.3) is 0 Å². The fourth-order valence-corrected chi connectivity index (χ4v) is 3.78. The van der Waals surface area contributed by atoms with Gasteiger partial charge in [0.25, 0.3) is 0 Å². The van der Waals surface area contributed by atoms with Gasteiger partial charge >= 0.3 is 5.97 Å². The summed E-state index contributed by atoms with van der Waals surface area (Å²) in [5.41, 5.74) is 0.460. The van der Waals surface area contributed by atoms with Crippen molar-refractivity contribution in [3.05, 3.63) is 28.7 Å². The first-order valence-electron chi connectivity index (χ1n) is 5.33. The fourth-order valence-electron chi connectivity index (χ4n) is 1.31. The van der Waals surface area contributed by atoms with E-state index in [1.165, 1.54) is 6.07 Å². The second kappa shape index (κ2) is 6.12. The zero-order chi connectivity index (χ0) is 13.8. The summed E-state index contributed by atoms with van der Waals surface area (Å²) in [5, 5.41) is 8.88. The molecule has 0 fully saturated rings. The van der Waals surface area contributed by atoms with Gasteiger partial charge in [-0.3, -0.25) is 0 Å². The topological polar surface area (TPSA) is 83.5 Å². The lowest BCUT2D eigenvalue weighted by Crippen LogP contribution is -2.23. The molecule has 0 spiro atoms. The molecule has 100 valence electrons. The third-order valence-corrected chi connectivity index (χ3v) is 5.35. The maximum absolute atomic E-state index is 11.9. The van der Waals surface area contributed by atoms with Gasteiger partial charge in [0.05, 0.1) is 0 Å². The first kappa shape index (κ1) is 14.9. The highest BCUT2D eigenvalue weighted by Crippen LogP contribution is 2.25. The van der Waals surface area contributed by atoms with Crippen LogP contribution in [-0.2, 0) is 10.0 Å². The first-order valence-corrected chi connectivity index (χ1v) is 7.63. The molecule has 0 unspecified atom stereocenters. The molecule has 1 aromatic heterocycles. The molecular formula is C11H15NO4S2. The van der Waals surface area contributed by atoms with Crippen LogP contribution in [0.5, 0.6) is 0 Å². The van der Waals surface area contributed by atoms with Gasteiger partial charge in [0.1, 0.15) is 9.09 Å². The van der Waals surface area contributed by atoms with Crippen LogP contribution >= 0.6 is 11.3 Å². The van der Waals surface area contributed by atoms with Crippen molar-refractivity contribution in [2.75, 3.05) is 6.54 Å². The van der Waals surface area contributed by atoms with Crippen LogP contribution in [0.2, 0.25) is 0 Å². The second-order valence-electron chi connectivity index (χ2n) is 3.64. The molecule has 0 saturated carbocycles. The second-order valence-corrected chi connectivity index (χ2v) is 6.68. The van der Waals surface area contributed by atoms with E-state index in [9.17, 15) is 13.2 Å². The SMILES string of the molecule is C/C=C/CCNS(=O)(=O)c1cc(C)c(C(=O)O)s1. The average molecular weight is 289 g/mol. The maximum Gasteiger partial charge on any atom is 0.346 e. The van der Waals surface area contributed by atoms with Crippen molar-refractivity contribution in [2.24, 2.45) is 0 Å². The van der Waals surface area contributed by atoms with Crippen molar-refractivity contribution in [2.45, 2.75) is 24.5 Å². The number of carboxylic acid groups (broad SMARTS) is 1. The summed E-state index contributed by atoms with van der Waals surface area (Å²) in [7, 11) is -3.60. The third kappa shape index (κ3) is 3.66. The molecule has 5 nitrogen and oxygen atoms in total. The number of hydrogen-bond donors (Lipinski definition) is 2. The molecule has 0 aromatic carbocycles. The van der Waals surface area contributed by atoms with Crippen molar-refractivity contribution < 1.29 is 18.3 Å². The predicted octanol–water partition coefficient (Wildman–Crippen LogP) is 2.00. The zero-order valence-electron chi connectivity index (χ0n) is 10.1. The van der Waals surface area contributed by atoms with Crippen molar-refractivity contribution in [3.63, 3.8) is 0 Å². The third-order valence-electron chi connectivity index (χ3n) is 2.19. The Morgan fingerprint density at radius 3 is 2.72 bits per heavy atom. The molecule has 0 aliphatic rings. The van der Waals surface area contributed by atoms with Gasteiger partial charge < -0.3 is 5.11 Å². The van der Waals surface area contributed by atoms with Gasteiger partial charge in [-0.2, -0.15) is 0 Å². The largest absolute Gasteiger partial charge is 0.477 e. The van der Waals surface area contributed by atoms with E-state index in [-0.39, 0.29) is 9.09 Å². The normalized spacial score (nSPS) is 12.1. The van der Waals surface area contributed by atoms with Crippen molar-refractivity contribution in [1.29, 1.82) is 0 Å². The summed E-state index contributed by atoms with van der Waals surface area (Å²) in [6.45, 7) is 3.74. The van der Waals surface area contributed by atoms with Gasteiger partial charge in [0.2, 0.25) is 10.0 Å². The number of carboxylic acids is 1. The van der Waals surface area contributed by atoms with E-state index in [1.807, 2.05) is 19.1 Å². The standard InChI is InChI=1S/C11H15NO4S2/c1-3-4-5-6-12-18(15,16)9-7-8(2)10(17-9)11(13)14/h3-4,7,12H,5-6H2,1-2H3,(H,13,14)/b4-3+. The number of aromatic carboxylic acids is 1. The highest BCUT2D eigenvalue weighted by Gasteiger charge is 2.20. The number of nitrogens with one attached hydrogen (secondary N) is 1. The average Bonchev–Trinajstić information content (AvgIpc) is 2.68. The lowest BCUT2D eigenvalue weighted by atomic mass is 10.3. The van der Waals surface area contributed by atoms with Gasteiger partial charge in [-0.1, -0.05) is 12.2 Å². The Hall–Kier alpha value is -1.18. The summed E-state index contributed by atoms with van der Waals surface area (Å²) in [6.07, 6.45) is 4.29. The molecule has 2 N–H and O–H groups in total. The minimum atomic E-state index is -3.60. The van der Waals surface area contributed by atoms with Crippen LogP contribution in [0.15, 0.2) is 22.4 Å². The van der Waals surface area contributed by atoms with Crippen LogP contribution in [0.1, 0.15) is 28.6 Å². The molecule has 7 heteroatoms. The molecule has 1 aromatic rings. The number of allylic oxidation sites excluding steroid dienone is 1. The molecule has 0 amide bonds. The van der Waals surface area contributed by atoms with Gasteiger partial charge in [0, 0.05) is 6.54 Å². The van der Waals surface area contributed by atoms with Crippen molar-refractivity contribution >= 4 is 27.3 Å². The Kier molecular flexibility index (Phi) is 5.06. The van der Waals surface area contributed by atoms with E-state index in [0.717, 1.165) is 11.3 Å². The van der Waals surface area contributed by atoms with E-state index in [4.69, 9.17) is 5.11 Å². The van der Waals surface area contributed by atoms with Gasteiger partial charge in [-0.25, -0.2) is 17.9 Å². The van der Waals surface area contributed by atoms with Crippen LogP contribution < -0.4 is 4.72 Å². The fraction of sp³-hybridized carbons (Fsp3) is 0.364. The lowest BCUT2D eigenvalue weighted by molar-refractivity contribution is 0.0701. The summed E-state index contributed by atoms with van der Waals surface area (Å²) in [5.74, 6) is -1.10. The van der Waals surface area contributed by atoms with Gasteiger partial charge in [-0.15, -0.1) is 11.3 Å².